The van der Waals surface area contributed by atoms with E-state index in [4.69, 9.17) is 14.2 Å². The van der Waals surface area contributed by atoms with Crippen LogP contribution in [0.3, 0.4) is 0 Å². The van der Waals surface area contributed by atoms with E-state index in [1.165, 1.54) is 6.08 Å². The van der Waals surface area contributed by atoms with Crippen molar-refractivity contribution in [3.05, 3.63) is 12.2 Å². The summed E-state index contributed by atoms with van der Waals surface area (Å²) in [6.07, 6.45) is 1.30. The smallest absolute Gasteiger partial charge is 0.303 e. The molecule has 0 spiro atoms. The van der Waals surface area contributed by atoms with E-state index in [-0.39, 0.29) is 0 Å². The van der Waals surface area contributed by atoms with Gasteiger partial charge in [0.2, 0.25) is 11.4 Å². The van der Waals surface area contributed by atoms with Crippen LogP contribution >= 0.6 is 0 Å². The Morgan fingerprint density at radius 3 is 2.26 bits per heavy atom. The Hall–Kier alpha value is -2.18. The van der Waals surface area contributed by atoms with Crippen LogP contribution in [0.4, 0.5) is 0 Å². The highest BCUT2D eigenvalue weighted by Gasteiger charge is 2.53. The fourth-order valence-corrected chi connectivity index (χ4v) is 1.68. The maximum atomic E-state index is 11.9. The number of carbonyl (C=O) groups excluding carboxylic acids is 4. The summed E-state index contributed by atoms with van der Waals surface area (Å²) in [6, 6.07) is 0. The third kappa shape index (κ3) is 3.40. The standard InChI is InChI=1S/C12H14O7/c1-7(13)17-6-12(19-9(3)15)10(16)4-5-11(12)18-8(2)14/h4-5,11H,6H2,1-3H3. The SMILES string of the molecule is CC(=O)OCC1(OC(C)=O)C(=O)C=CC1OC(C)=O. The van der Waals surface area contributed by atoms with Crippen molar-refractivity contribution in [2.24, 2.45) is 0 Å². The Morgan fingerprint density at radius 1 is 1.16 bits per heavy atom. The molecule has 0 fully saturated rings. The molecule has 7 heteroatoms. The predicted octanol–water partition coefficient (Wildman–Crippen LogP) is -0.0780. The first kappa shape index (κ1) is 14.9. The van der Waals surface area contributed by atoms with Crippen LogP contribution < -0.4 is 0 Å². The lowest BCUT2D eigenvalue weighted by atomic mass is 9.98. The maximum Gasteiger partial charge on any atom is 0.303 e. The lowest BCUT2D eigenvalue weighted by Crippen LogP contribution is -2.53. The highest BCUT2D eigenvalue weighted by molar-refractivity contribution is 6.02. The average Bonchev–Trinajstić information content (AvgIpc) is 2.54. The first-order valence-corrected chi connectivity index (χ1v) is 5.50. The van der Waals surface area contributed by atoms with Gasteiger partial charge in [-0.15, -0.1) is 0 Å². The summed E-state index contributed by atoms with van der Waals surface area (Å²) in [5, 5.41) is 0. The minimum atomic E-state index is -1.83. The summed E-state index contributed by atoms with van der Waals surface area (Å²) in [7, 11) is 0. The van der Waals surface area contributed by atoms with Crippen LogP contribution in [-0.4, -0.2) is 42.0 Å². The molecule has 1 aliphatic rings. The molecule has 0 aromatic rings. The molecule has 0 saturated carbocycles. The van der Waals surface area contributed by atoms with E-state index in [0.717, 1.165) is 26.8 Å². The fraction of sp³-hybridized carbons (Fsp3) is 0.500. The van der Waals surface area contributed by atoms with E-state index < -0.39 is 42.0 Å². The molecule has 2 atom stereocenters. The quantitative estimate of drug-likeness (QED) is 0.520. The van der Waals surface area contributed by atoms with Crippen molar-refractivity contribution in [3.63, 3.8) is 0 Å². The lowest BCUT2D eigenvalue weighted by molar-refractivity contribution is -0.189. The lowest BCUT2D eigenvalue weighted by Gasteiger charge is -2.31. The molecule has 0 aromatic carbocycles. The average molecular weight is 270 g/mol. The summed E-state index contributed by atoms with van der Waals surface area (Å²) in [6.45, 7) is 2.90. The molecular weight excluding hydrogens is 256 g/mol. The Morgan fingerprint density at radius 2 is 1.79 bits per heavy atom. The minimum Gasteiger partial charge on any atom is -0.461 e. The first-order chi connectivity index (χ1) is 8.78. The molecule has 104 valence electrons. The molecule has 7 nitrogen and oxygen atoms in total. The summed E-state index contributed by atoms with van der Waals surface area (Å²) in [5.41, 5.74) is -1.83. The van der Waals surface area contributed by atoms with Gasteiger partial charge in [-0.2, -0.15) is 0 Å². The van der Waals surface area contributed by atoms with E-state index in [0.29, 0.717) is 0 Å². The van der Waals surface area contributed by atoms with Crippen LogP contribution in [0.15, 0.2) is 12.2 Å². The van der Waals surface area contributed by atoms with Crippen molar-refractivity contribution in [2.75, 3.05) is 6.61 Å². The van der Waals surface area contributed by atoms with Crippen LogP contribution in [0.5, 0.6) is 0 Å². The topological polar surface area (TPSA) is 96.0 Å². The van der Waals surface area contributed by atoms with Crippen LogP contribution in [0.1, 0.15) is 20.8 Å². The monoisotopic (exact) mass is 270 g/mol. The van der Waals surface area contributed by atoms with Crippen molar-refractivity contribution in [3.8, 4) is 0 Å². The molecule has 0 bridgehead atoms. The Labute approximate surface area is 109 Å². The molecule has 0 radical (unpaired) electrons. The Balaban J connectivity index is 3.03. The number of esters is 3. The molecule has 1 aliphatic carbocycles. The van der Waals surface area contributed by atoms with Crippen molar-refractivity contribution in [2.45, 2.75) is 32.5 Å². The van der Waals surface area contributed by atoms with E-state index >= 15 is 0 Å². The van der Waals surface area contributed by atoms with Crippen LogP contribution in [-0.2, 0) is 33.4 Å². The molecule has 0 aromatic heterocycles. The zero-order valence-corrected chi connectivity index (χ0v) is 10.8. The minimum absolute atomic E-state index is 0.508. The van der Waals surface area contributed by atoms with Crippen LogP contribution in [0, 0.1) is 0 Å². The van der Waals surface area contributed by atoms with Crippen molar-refractivity contribution >= 4 is 23.7 Å². The van der Waals surface area contributed by atoms with Gasteiger partial charge in [0.05, 0.1) is 0 Å². The Kier molecular flexibility index (Phi) is 4.42. The highest BCUT2D eigenvalue weighted by Crippen LogP contribution is 2.29. The fourth-order valence-electron chi connectivity index (χ4n) is 1.68. The molecule has 19 heavy (non-hydrogen) atoms. The van der Waals surface area contributed by atoms with Crippen LogP contribution in [0.2, 0.25) is 0 Å². The summed E-state index contributed by atoms with van der Waals surface area (Å²) in [5.74, 6) is -2.65. The third-order valence-electron chi connectivity index (χ3n) is 2.41. The zero-order valence-electron chi connectivity index (χ0n) is 10.8. The molecule has 0 aliphatic heterocycles. The summed E-state index contributed by atoms with van der Waals surface area (Å²) >= 11 is 0. The van der Waals surface area contributed by atoms with Gasteiger partial charge >= 0.3 is 17.9 Å². The molecule has 0 N–H and O–H groups in total. The van der Waals surface area contributed by atoms with E-state index in [1.807, 2.05) is 0 Å². The summed E-state index contributed by atoms with van der Waals surface area (Å²) < 4.78 is 14.6. The molecule has 2 unspecified atom stereocenters. The van der Waals surface area contributed by atoms with Gasteiger partial charge in [-0.1, -0.05) is 0 Å². The summed E-state index contributed by atoms with van der Waals surface area (Å²) in [4.78, 5) is 44.9. The second-order valence-corrected chi connectivity index (χ2v) is 4.02. The zero-order chi connectivity index (χ0) is 14.6. The number of ketones is 1. The van der Waals surface area contributed by atoms with E-state index in [9.17, 15) is 19.2 Å². The number of carbonyl (C=O) groups is 4. The number of hydrogen-bond acceptors (Lipinski definition) is 7. The second-order valence-electron chi connectivity index (χ2n) is 4.02. The van der Waals surface area contributed by atoms with Gasteiger partial charge in [0.15, 0.2) is 6.10 Å². The van der Waals surface area contributed by atoms with Gasteiger partial charge < -0.3 is 14.2 Å². The molecular formula is C12H14O7. The number of ether oxygens (including phenoxy) is 3. The second kappa shape index (κ2) is 5.64. The largest absolute Gasteiger partial charge is 0.461 e. The molecule has 0 saturated heterocycles. The van der Waals surface area contributed by atoms with Gasteiger partial charge in [0, 0.05) is 20.8 Å². The van der Waals surface area contributed by atoms with E-state index in [2.05, 4.69) is 0 Å². The normalized spacial score (nSPS) is 25.0. The highest BCUT2D eigenvalue weighted by atomic mass is 16.6. The van der Waals surface area contributed by atoms with E-state index in [1.54, 1.807) is 0 Å². The number of hydrogen-bond donors (Lipinski definition) is 0. The molecule has 0 heterocycles. The van der Waals surface area contributed by atoms with Gasteiger partial charge in [0.1, 0.15) is 6.61 Å². The maximum absolute atomic E-state index is 11.9. The van der Waals surface area contributed by atoms with Crippen molar-refractivity contribution in [1.82, 2.24) is 0 Å². The van der Waals surface area contributed by atoms with Crippen molar-refractivity contribution < 1.29 is 33.4 Å². The van der Waals surface area contributed by atoms with Crippen molar-refractivity contribution in [1.29, 1.82) is 0 Å². The van der Waals surface area contributed by atoms with Gasteiger partial charge in [-0.25, -0.2) is 0 Å². The van der Waals surface area contributed by atoms with Crippen LogP contribution in [0.25, 0.3) is 0 Å². The Bertz CT molecular complexity index is 451. The first-order valence-electron chi connectivity index (χ1n) is 5.50. The molecule has 0 amide bonds. The predicted molar refractivity (Wildman–Crippen MR) is 60.8 cm³/mol. The molecule has 1 rings (SSSR count). The van der Waals surface area contributed by atoms with Gasteiger partial charge in [0.25, 0.3) is 0 Å². The third-order valence-corrected chi connectivity index (χ3v) is 2.41. The van der Waals surface area contributed by atoms with Gasteiger partial charge in [-0.3, -0.25) is 19.2 Å². The number of rotatable bonds is 4. The van der Waals surface area contributed by atoms with Gasteiger partial charge in [-0.05, 0) is 12.2 Å².